The summed E-state index contributed by atoms with van der Waals surface area (Å²) in [4.78, 5) is 25.5. The Hall–Kier alpha value is -1.11. The van der Waals surface area contributed by atoms with Crippen molar-refractivity contribution in [3.63, 3.8) is 0 Å². The quantitative estimate of drug-likeness (QED) is 0.761. The molecule has 1 aliphatic heterocycles. The number of amides is 1. The molecule has 1 atom stereocenters. The lowest BCUT2D eigenvalue weighted by atomic mass is 10.1. The van der Waals surface area contributed by atoms with Crippen LogP contribution in [0.2, 0.25) is 5.02 Å². The SMILES string of the molecule is COC(=O)CC1CN(C(=O)c2ccc(Cl)cc2Br)CCO1. The van der Waals surface area contributed by atoms with E-state index >= 15 is 0 Å². The van der Waals surface area contributed by atoms with Gasteiger partial charge in [0.05, 0.1) is 31.8 Å². The van der Waals surface area contributed by atoms with Crippen molar-refractivity contribution in [1.29, 1.82) is 0 Å². The van der Waals surface area contributed by atoms with Gasteiger partial charge in [-0.3, -0.25) is 9.59 Å². The summed E-state index contributed by atoms with van der Waals surface area (Å²) in [6.45, 7) is 1.26. The maximum absolute atomic E-state index is 12.5. The molecule has 0 spiro atoms. The minimum atomic E-state index is -0.345. The molecule has 1 heterocycles. The highest BCUT2D eigenvalue weighted by atomic mass is 79.9. The van der Waals surface area contributed by atoms with E-state index < -0.39 is 0 Å². The number of carbonyl (C=O) groups excluding carboxylic acids is 2. The van der Waals surface area contributed by atoms with Crippen LogP contribution in [0.15, 0.2) is 22.7 Å². The van der Waals surface area contributed by atoms with E-state index in [1.54, 1.807) is 23.1 Å². The molecule has 0 radical (unpaired) electrons. The van der Waals surface area contributed by atoms with E-state index in [9.17, 15) is 9.59 Å². The van der Waals surface area contributed by atoms with Crippen molar-refractivity contribution in [3.05, 3.63) is 33.3 Å². The van der Waals surface area contributed by atoms with Crippen molar-refractivity contribution in [2.75, 3.05) is 26.8 Å². The molecule has 0 bridgehead atoms. The van der Waals surface area contributed by atoms with Crippen molar-refractivity contribution in [3.8, 4) is 0 Å². The summed E-state index contributed by atoms with van der Waals surface area (Å²) in [7, 11) is 1.33. The average molecular weight is 377 g/mol. The third-order valence-corrected chi connectivity index (χ3v) is 4.10. The highest BCUT2D eigenvalue weighted by Gasteiger charge is 2.27. The Morgan fingerprint density at radius 2 is 2.29 bits per heavy atom. The molecule has 0 aromatic heterocycles. The molecule has 7 heteroatoms. The summed E-state index contributed by atoms with van der Waals surface area (Å²) < 4.78 is 10.8. The number of nitrogens with zero attached hydrogens (tertiary/aromatic N) is 1. The number of hydrogen-bond acceptors (Lipinski definition) is 4. The highest BCUT2D eigenvalue weighted by Crippen LogP contribution is 2.24. The van der Waals surface area contributed by atoms with Crippen molar-refractivity contribution < 1.29 is 19.1 Å². The number of benzene rings is 1. The minimum Gasteiger partial charge on any atom is -0.469 e. The summed E-state index contributed by atoms with van der Waals surface area (Å²) in [5.41, 5.74) is 0.540. The number of ether oxygens (including phenoxy) is 2. The minimum absolute atomic E-state index is 0.114. The van der Waals surface area contributed by atoms with Gasteiger partial charge in [0.25, 0.3) is 5.91 Å². The van der Waals surface area contributed by atoms with Crippen LogP contribution < -0.4 is 0 Å². The Bertz CT molecular complexity index is 552. The summed E-state index contributed by atoms with van der Waals surface area (Å²) in [5.74, 6) is -0.460. The van der Waals surface area contributed by atoms with Gasteiger partial charge in [-0.25, -0.2) is 0 Å². The highest BCUT2D eigenvalue weighted by molar-refractivity contribution is 9.10. The second-order valence-corrected chi connectivity index (χ2v) is 5.94. The number of methoxy groups -OCH3 is 1. The zero-order valence-corrected chi connectivity index (χ0v) is 13.8. The van der Waals surface area contributed by atoms with Crippen LogP contribution in [0, 0.1) is 0 Å². The molecule has 0 N–H and O–H groups in total. The molecule has 1 amide bonds. The summed E-state index contributed by atoms with van der Waals surface area (Å²) in [6.07, 6.45) is -0.191. The number of carbonyl (C=O) groups is 2. The van der Waals surface area contributed by atoms with Crippen molar-refractivity contribution >= 4 is 39.4 Å². The van der Waals surface area contributed by atoms with Gasteiger partial charge in [-0.15, -0.1) is 0 Å². The number of hydrogen-bond donors (Lipinski definition) is 0. The Balaban J connectivity index is 2.06. The molecule has 5 nitrogen and oxygen atoms in total. The van der Waals surface area contributed by atoms with Crippen molar-refractivity contribution in [2.45, 2.75) is 12.5 Å². The van der Waals surface area contributed by atoms with E-state index in [0.29, 0.717) is 34.8 Å². The van der Waals surface area contributed by atoms with E-state index in [1.165, 1.54) is 7.11 Å². The van der Waals surface area contributed by atoms with Gasteiger partial charge in [0.1, 0.15) is 0 Å². The normalized spacial score (nSPS) is 18.4. The van der Waals surface area contributed by atoms with Gasteiger partial charge in [-0.1, -0.05) is 11.6 Å². The fourth-order valence-corrected chi connectivity index (χ4v) is 2.98. The molecule has 2 rings (SSSR count). The fraction of sp³-hybridized carbons (Fsp3) is 0.429. The van der Waals surface area contributed by atoms with Gasteiger partial charge in [-0.2, -0.15) is 0 Å². The van der Waals surface area contributed by atoms with Crippen LogP contribution in [-0.4, -0.2) is 49.7 Å². The molecule has 0 aliphatic carbocycles. The Morgan fingerprint density at radius 3 is 2.95 bits per heavy atom. The molecule has 0 saturated carbocycles. The maximum atomic E-state index is 12.5. The average Bonchev–Trinajstić information content (AvgIpc) is 2.47. The van der Waals surface area contributed by atoms with Gasteiger partial charge >= 0.3 is 5.97 Å². The zero-order chi connectivity index (χ0) is 15.4. The van der Waals surface area contributed by atoms with Gasteiger partial charge in [0, 0.05) is 22.6 Å². The second kappa shape index (κ2) is 7.24. The third kappa shape index (κ3) is 4.18. The lowest BCUT2D eigenvalue weighted by molar-refractivity contribution is -0.145. The van der Waals surface area contributed by atoms with E-state index in [-0.39, 0.29) is 24.4 Å². The molecule has 1 aromatic carbocycles. The van der Waals surface area contributed by atoms with Gasteiger partial charge < -0.3 is 14.4 Å². The predicted molar refractivity (Wildman–Crippen MR) is 81.4 cm³/mol. The van der Waals surface area contributed by atoms with Crippen LogP contribution in [0.5, 0.6) is 0 Å². The first-order valence-corrected chi connectivity index (χ1v) is 7.61. The summed E-state index contributed by atoms with van der Waals surface area (Å²) in [5, 5.41) is 0.559. The first-order valence-electron chi connectivity index (χ1n) is 6.44. The van der Waals surface area contributed by atoms with Crippen molar-refractivity contribution in [1.82, 2.24) is 4.90 Å². The van der Waals surface area contributed by atoms with Crippen LogP contribution in [0.25, 0.3) is 0 Å². The fourth-order valence-electron chi connectivity index (χ4n) is 2.13. The third-order valence-electron chi connectivity index (χ3n) is 3.21. The topological polar surface area (TPSA) is 55.8 Å². The smallest absolute Gasteiger partial charge is 0.308 e. The van der Waals surface area contributed by atoms with Crippen LogP contribution in [0.1, 0.15) is 16.8 Å². The molecule has 1 unspecified atom stereocenters. The largest absolute Gasteiger partial charge is 0.469 e. The van der Waals surface area contributed by atoms with Gasteiger partial charge in [-0.05, 0) is 34.1 Å². The number of rotatable bonds is 3. The maximum Gasteiger partial charge on any atom is 0.308 e. The standard InChI is InChI=1S/C14H15BrClNO4/c1-20-13(18)7-10-8-17(4-5-21-10)14(19)11-3-2-9(16)6-12(11)15/h2-3,6,10H,4-5,7-8H2,1H3. The lowest BCUT2D eigenvalue weighted by Crippen LogP contribution is -2.46. The van der Waals surface area contributed by atoms with Crippen molar-refractivity contribution in [2.24, 2.45) is 0 Å². The second-order valence-electron chi connectivity index (χ2n) is 4.65. The van der Waals surface area contributed by atoms with Crippen LogP contribution >= 0.6 is 27.5 Å². The predicted octanol–water partition coefficient (Wildman–Crippen LogP) is 2.51. The molecule has 21 heavy (non-hydrogen) atoms. The van der Waals surface area contributed by atoms with Crippen LogP contribution in [-0.2, 0) is 14.3 Å². The van der Waals surface area contributed by atoms with Crippen LogP contribution in [0.4, 0.5) is 0 Å². The van der Waals surface area contributed by atoms with E-state index in [1.807, 2.05) is 0 Å². The molecule has 1 aliphatic rings. The Labute approximate surface area is 136 Å². The Kier molecular flexibility index (Phi) is 5.61. The molecule has 114 valence electrons. The van der Waals surface area contributed by atoms with Crippen LogP contribution in [0.3, 0.4) is 0 Å². The van der Waals surface area contributed by atoms with E-state index in [4.69, 9.17) is 16.3 Å². The van der Waals surface area contributed by atoms with E-state index in [0.717, 1.165) is 0 Å². The van der Waals surface area contributed by atoms with Gasteiger partial charge in [0.2, 0.25) is 0 Å². The molecule has 1 aromatic rings. The first kappa shape index (κ1) is 16.3. The number of halogens is 2. The van der Waals surface area contributed by atoms with E-state index in [2.05, 4.69) is 20.7 Å². The number of esters is 1. The van der Waals surface area contributed by atoms with Gasteiger partial charge in [0.15, 0.2) is 0 Å². The molecule has 1 fully saturated rings. The molecular formula is C14H15BrClNO4. The summed E-state index contributed by atoms with van der Waals surface area (Å²) >= 11 is 9.22. The first-order chi connectivity index (χ1) is 10.0. The Morgan fingerprint density at radius 1 is 1.52 bits per heavy atom. The molecule has 1 saturated heterocycles. The zero-order valence-electron chi connectivity index (χ0n) is 11.5. The molecular weight excluding hydrogens is 362 g/mol. The monoisotopic (exact) mass is 375 g/mol. The lowest BCUT2D eigenvalue weighted by Gasteiger charge is -2.32. The summed E-state index contributed by atoms with van der Waals surface area (Å²) in [6, 6.07) is 5.03. The number of morpholine rings is 1.